The second-order valence-electron chi connectivity index (χ2n) is 38.6. The van der Waals surface area contributed by atoms with E-state index in [1.807, 2.05) is 0 Å². The normalized spacial score (nSPS) is 16.1. The van der Waals surface area contributed by atoms with Crippen LogP contribution in [0.4, 0.5) is 0 Å². The van der Waals surface area contributed by atoms with Crippen LogP contribution in [0.2, 0.25) is 0 Å². The maximum atomic E-state index is 6.79. The Morgan fingerprint density at radius 1 is 0.138 bits per heavy atom. The third kappa shape index (κ3) is 15.4. The van der Waals surface area contributed by atoms with Crippen molar-refractivity contribution in [2.75, 3.05) is 0 Å². The maximum absolute atomic E-state index is 6.79. The van der Waals surface area contributed by atoms with E-state index in [1.54, 1.807) is 0 Å². The molecule has 145 heavy (non-hydrogen) atoms. The van der Waals surface area contributed by atoms with Crippen molar-refractivity contribution in [3.63, 3.8) is 0 Å². The van der Waals surface area contributed by atoms with Gasteiger partial charge in [0, 0.05) is 40.0 Å². The van der Waals surface area contributed by atoms with Gasteiger partial charge in [-0.05, 0) is 287 Å². The molecule has 6 atom stereocenters. The Balaban J connectivity index is 0.000000108. The van der Waals surface area contributed by atoms with Gasteiger partial charge in [-0.25, -0.2) is 0 Å². The van der Waals surface area contributed by atoms with Crippen LogP contribution in [0.3, 0.4) is 0 Å². The summed E-state index contributed by atoms with van der Waals surface area (Å²) in [6.07, 6.45) is 26.3. The van der Waals surface area contributed by atoms with Crippen LogP contribution in [-0.2, 0) is 0 Å². The van der Waals surface area contributed by atoms with E-state index < -0.39 is 0 Å². The minimum Gasteiger partial charge on any atom is -0.485 e. The Kier molecular flexibility index (Phi) is 21.8. The first-order valence-corrected chi connectivity index (χ1v) is 50.5. The fraction of sp³-hybridized carbons (Fsp3) is 0.0423. The second kappa shape index (κ2) is 36.7. The quantitative estimate of drug-likeness (QED) is 0.108. The molecule has 0 bridgehead atoms. The Morgan fingerprint density at radius 2 is 0.407 bits per heavy atom. The summed E-state index contributed by atoms with van der Waals surface area (Å²) in [7, 11) is 0. The predicted molar refractivity (Wildman–Crippen MR) is 609 cm³/mol. The van der Waals surface area contributed by atoms with Crippen molar-refractivity contribution in [1.29, 1.82) is 0 Å². The molecule has 0 radical (unpaired) electrons. The monoisotopic (exact) mass is 1850 g/mol. The van der Waals surface area contributed by atoms with Crippen LogP contribution >= 0.6 is 0 Å². The zero-order valence-electron chi connectivity index (χ0n) is 79.7. The molecule has 3 nitrogen and oxygen atoms in total. The van der Waals surface area contributed by atoms with E-state index in [0.717, 1.165) is 28.4 Å². The Hall–Kier alpha value is -18.3. The summed E-state index contributed by atoms with van der Waals surface area (Å²) in [5.41, 5.74) is 35.5. The largest absolute Gasteiger partial charge is 0.485 e. The molecule has 0 aromatic heterocycles. The molecule has 0 amide bonds. The maximum Gasteiger partial charge on any atom is 0.132 e. The molecule has 29 rings (SSSR count). The first-order chi connectivity index (χ1) is 71.9. The van der Waals surface area contributed by atoms with Gasteiger partial charge in [0.25, 0.3) is 0 Å². The Bertz CT molecular complexity index is 9040. The van der Waals surface area contributed by atoms with Gasteiger partial charge < -0.3 is 14.2 Å². The topological polar surface area (TPSA) is 27.7 Å². The standard InChI is InChI=1S/C50H34O.C48H32O.C44H30O/c1-4-16-33(17-5-1)36-28-37(34-18-6-2-7-19-34)30-39(29-36)48-40-22-10-12-24-42(40)49(43-25-13-11-23-41(43)48)45-31-38(35-20-8-3-9-21-35)32-47-50(45)44-26-14-15-27-46(44)51-47;1-2-12-31(13-3-1)33-22-25-34(26-23-33)46-38-16-6-8-18-40(38)47(41-19-9-7-17-39(41)46)43-29-37(36-27-24-32-14-4-5-15-35(32)28-36)30-45-48(43)42-20-10-11-21-44(42)49-45;1-3-14-29(15-4-1)31-18-13-19-32(28-31)41-34-20-7-9-22-36(34)42(37-23-10-8-21-35(37)41)39-27-26-33(30-16-5-2-6-17-30)44-43(39)38-24-11-12-25-40(38)45-44/h1-32,44,46H;1-30,42,44H;1-28,38,40H. The van der Waals surface area contributed by atoms with E-state index >= 15 is 0 Å². The zero-order valence-corrected chi connectivity index (χ0v) is 79.7. The van der Waals surface area contributed by atoms with Crippen molar-refractivity contribution < 1.29 is 14.2 Å². The van der Waals surface area contributed by atoms with E-state index in [4.69, 9.17) is 14.2 Å². The van der Waals surface area contributed by atoms with Gasteiger partial charge in [-0.15, -0.1) is 0 Å². The molecule has 23 aromatic rings. The minimum absolute atomic E-state index is 0.00820. The summed E-state index contributed by atoms with van der Waals surface area (Å²) in [4.78, 5) is 0. The van der Waals surface area contributed by atoms with Crippen LogP contribution in [0, 0.1) is 0 Å². The van der Waals surface area contributed by atoms with E-state index in [-0.39, 0.29) is 36.1 Å². The molecular weight excluding hydrogens is 1750 g/mol. The molecule has 6 aliphatic rings. The van der Waals surface area contributed by atoms with Crippen LogP contribution in [0.5, 0.6) is 17.2 Å². The number of fused-ring (bicyclic) bond motifs is 16. The zero-order chi connectivity index (χ0) is 95.8. The number of rotatable bonds is 13. The average Bonchev–Trinajstić information content (AvgIpc) is 1.56. The molecule has 6 unspecified atom stereocenters. The lowest BCUT2D eigenvalue weighted by Gasteiger charge is -2.22. The van der Waals surface area contributed by atoms with Crippen LogP contribution in [0.1, 0.15) is 34.4 Å². The van der Waals surface area contributed by atoms with Gasteiger partial charge in [0.2, 0.25) is 0 Å². The second-order valence-corrected chi connectivity index (χ2v) is 38.6. The van der Waals surface area contributed by atoms with Crippen molar-refractivity contribution in [3.05, 3.63) is 563 Å². The molecule has 0 fully saturated rings. The molecular formula is C142H96O3. The van der Waals surface area contributed by atoms with Crippen LogP contribution in [-0.4, -0.2) is 18.3 Å². The molecule has 3 aliphatic heterocycles. The highest BCUT2D eigenvalue weighted by Crippen LogP contribution is 2.59. The lowest BCUT2D eigenvalue weighted by Crippen LogP contribution is -2.15. The summed E-state index contributed by atoms with van der Waals surface area (Å²) >= 11 is 0. The lowest BCUT2D eigenvalue weighted by molar-refractivity contribution is 0.269. The number of ether oxygens (including phenoxy) is 3. The SMILES string of the molecule is C1=CC2Oc3c(-c4ccccc4)ccc(-c4c5ccccc5c(-c5cccc(-c6ccccc6)c5)c5ccccc45)c3C2C=C1.C1=CC2Oc3cc(-c4ccc5ccccc5c4)cc(-c4c5ccccc5c(-c5ccc(-c6ccccc6)cc5)c5ccccc45)c3C2C=C1.C1=CC2Oc3cc(-c4ccccc4)cc(-c4c5ccccc5c(-c5cc(-c6ccccc6)cc(-c6ccccc6)c5)c5ccccc45)c3C2C=C1. The van der Waals surface area contributed by atoms with Crippen molar-refractivity contribution in [3.8, 4) is 162 Å². The summed E-state index contributed by atoms with van der Waals surface area (Å²) in [5.74, 6) is 3.40. The predicted octanol–water partition coefficient (Wildman–Crippen LogP) is 37.7. The summed E-state index contributed by atoms with van der Waals surface area (Å²) in [6, 6.07) is 172. The van der Waals surface area contributed by atoms with Gasteiger partial charge in [0.1, 0.15) is 35.6 Å². The van der Waals surface area contributed by atoms with E-state index in [0.29, 0.717) is 0 Å². The van der Waals surface area contributed by atoms with E-state index in [9.17, 15) is 0 Å². The first kappa shape index (κ1) is 85.9. The fourth-order valence-corrected chi connectivity index (χ4v) is 23.8. The number of benzene rings is 23. The third-order valence-electron chi connectivity index (χ3n) is 30.4. The highest BCUT2D eigenvalue weighted by Gasteiger charge is 2.41. The van der Waals surface area contributed by atoms with Gasteiger partial charge >= 0.3 is 0 Å². The van der Waals surface area contributed by atoms with Crippen LogP contribution < -0.4 is 14.2 Å². The van der Waals surface area contributed by atoms with Gasteiger partial charge in [-0.1, -0.05) is 473 Å². The number of hydrogen-bond acceptors (Lipinski definition) is 3. The van der Waals surface area contributed by atoms with Gasteiger partial charge in [-0.3, -0.25) is 0 Å². The number of hydrogen-bond donors (Lipinski definition) is 0. The van der Waals surface area contributed by atoms with Gasteiger partial charge in [-0.2, -0.15) is 0 Å². The Labute approximate surface area is 844 Å². The number of allylic oxidation sites excluding steroid dienone is 6. The van der Waals surface area contributed by atoms with Crippen molar-refractivity contribution in [1.82, 2.24) is 0 Å². The highest BCUT2D eigenvalue weighted by atomic mass is 16.5. The third-order valence-corrected chi connectivity index (χ3v) is 30.4. The molecule has 3 heterocycles. The molecule has 0 N–H and O–H groups in total. The molecule has 0 spiro atoms. The van der Waals surface area contributed by atoms with Gasteiger partial charge in [0.05, 0.1) is 0 Å². The Morgan fingerprint density at radius 3 is 0.841 bits per heavy atom. The molecule has 3 aliphatic carbocycles. The fourth-order valence-electron chi connectivity index (χ4n) is 23.8. The van der Waals surface area contributed by atoms with Crippen molar-refractivity contribution in [2.24, 2.45) is 0 Å². The van der Waals surface area contributed by atoms with E-state index in [1.165, 1.54) is 226 Å². The molecule has 0 saturated carbocycles. The average molecular weight is 1850 g/mol. The van der Waals surface area contributed by atoms with Crippen LogP contribution in [0.25, 0.3) is 220 Å². The highest BCUT2D eigenvalue weighted by molar-refractivity contribution is 6.26. The molecule has 682 valence electrons. The van der Waals surface area contributed by atoms with Crippen molar-refractivity contribution >= 4 is 75.4 Å². The minimum atomic E-state index is -0.0105. The summed E-state index contributed by atoms with van der Waals surface area (Å²) in [5, 5.41) is 17.5. The lowest BCUT2D eigenvalue weighted by atomic mass is 9.80. The summed E-state index contributed by atoms with van der Waals surface area (Å²) < 4.78 is 20.3. The molecule has 23 aromatic carbocycles. The smallest absolute Gasteiger partial charge is 0.132 e. The first-order valence-electron chi connectivity index (χ1n) is 50.5. The molecule has 0 saturated heterocycles. The van der Waals surface area contributed by atoms with Gasteiger partial charge in [0.15, 0.2) is 0 Å². The van der Waals surface area contributed by atoms with Crippen LogP contribution in [0.15, 0.2) is 546 Å². The van der Waals surface area contributed by atoms with Crippen molar-refractivity contribution in [2.45, 2.75) is 36.1 Å². The molecule has 3 heteroatoms. The van der Waals surface area contributed by atoms with E-state index in [2.05, 4.69) is 546 Å². The summed E-state index contributed by atoms with van der Waals surface area (Å²) in [6.45, 7) is 0.